The smallest absolute Gasteiger partial charge is 0.328 e. The standard InChI is InChI=1S/C14H19ClN2O3/c1-4-8(2)12(14(19)20-3)17-13(18)9-5-10(15)7-11(16)6-9/h5-8,12H,4,16H2,1-3H3,(H,17,18). The highest BCUT2D eigenvalue weighted by Gasteiger charge is 2.27. The number of amides is 1. The molecular weight excluding hydrogens is 280 g/mol. The Bertz CT molecular complexity index is 485. The molecule has 0 aliphatic rings. The first-order valence-corrected chi connectivity index (χ1v) is 6.71. The van der Waals surface area contributed by atoms with Crippen LogP contribution >= 0.6 is 11.6 Å². The predicted molar refractivity (Wildman–Crippen MR) is 78.6 cm³/mol. The van der Waals surface area contributed by atoms with Crippen LogP contribution in [0.4, 0.5) is 5.69 Å². The second-order valence-corrected chi connectivity index (χ2v) is 5.07. The van der Waals surface area contributed by atoms with E-state index in [0.29, 0.717) is 16.3 Å². The van der Waals surface area contributed by atoms with Crippen molar-refractivity contribution in [1.82, 2.24) is 5.32 Å². The highest BCUT2D eigenvalue weighted by molar-refractivity contribution is 6.31. The second kappa shape index (κ2) is 7.14. The number of rotatable bonds is 5. The predicted octanol–water partition coefficient (Wildman–Crippen LogP) is 2.24. The minimum absolute atomic E-state index is 0.0390. The number of nitrogen functional groups attached to an aromatic ring is 1. The molecule has 5 nitrogen and oxygen atoms in total. The average molecular weight is 299 g/mol. The van der Waals surface area contributed by atoms with Crippen LogP contribution in [0.1, 0.15) is 30.6 Å². The van der Waals surface area contributed by atoms with E-state index in [2.05, 4.69) is 5.32 Å². The van der Waals surface area contributed by atoms with Gasteiger partial charge in [0.25, 0.3) is 5.91 Å². The van der Waals surface area contributed by atoms with Gasteiger partial charge in [-0.3, -0.25) is 4.79 Å². The molecule has 110 valence electrons. The Hall–Kier alpha value is -1.75. The lowest BCUT2D eigenvalue weighted by atomic mass is 9.99. The summed E-state index contributed by atoms with van der Waals surface area (Å²) in [6.07, 6.45) is 0.734. The number of esters is 1. The van der Waals surface area contributed by atoms with E-state index in [1.807, 2.05) is 13.8 Å². The lowest BCUT2D eigenvalue weighted by Crippen LogP contribution is -2.45. The van der Waals surface area contributed by atoms with Crippen molar-refractivity contribution < 1.29 is 14.3 Å². The zero-order valence-electron chi connectivity index (χ0n) is 11.8. The Labute approximate surface area is 123 Å². The van der Waals surface area contributed by atoms with Crippen molar-refractivity contribution in [2.24, 2.45) is 5.92 Å². The fraction of sp³-hybridized carbons (Fsp3) is 0.429. The van der Waals surface area contributed by atoms with Crippen molar-refractivity contribution in [3.05, 3.63) is 28.8 Å². The zero-order valence-corrected chi connectivity index (χ0v) is 12.5. The van der Waals surface area contributed by atoms with Gasteiger partial charge in [-0.2, -0.15) is 0 Å². The van der Waals surface area contributed by atoms with Gasteiger partial charge in [0.1, 0.15) is 6.04 Å². The lowest BCUT2D eigenvalue weighted by molar-refractivity contribution is -0.144. The summed E-state index contributed by atoms with van der Waals surface area (Å²) in [6, 6.07) is 3.85. The molecule has 0 heterocycles. The number of halogens is 1. The Morgan fingerprint density at radius 1 is 1.40 bits per heavy atom. The third-order valence-electron chi connectivity index (χ3n) is 3.14. The summed E-state index contributed by atoms with van der Waals surface area (Å²) in [4.78, 5) is 23.9. The molecule has 0 bridgehead atoms. The van der Waals surface area contributed by atoms with Crippen LogP contribution in [0.2, 0.25) is 5.02 Å². The van der Waals surface area contributed by atoms with Gasteiger partial charge in [-0.15, -0.1) is 0 Å². The molecule has 3 N–H and O–H groups in total. The number of benzene rings is 1. The van der Waals surface area contributed by atoms with E-state index in [4.69, 9.17) is 22.1 Å². The minimum atomic E-state index is -0.697. The van der Waals surface area contributed by atoms with Crippen molar-refractivity contribution in [3.8, 4) is 0 Å². The summed E-state index contributed by atoms with van der Waals surface area (Å²) in [5.74, 6) is -0.916. The summed E-state index contributed by atoms with van der Waals surface area (Å²) in [5, 5.41) is 3.03. The van der Waals surface area contributed by atoms with Crippen LogP contribution < -0.4 is 11.1 Å². The van der Waals surface area contributed by atoms with Crippen molar-refractivity contribution in [3.63, 3.8) is 0 Å². The molecule has 0 saturated carbocycles. The van der Waals surface area contributed by atoms with Crippen LogP contribution in [0.25, 0.3) is 0 Å². The molecule has 0 fully saturated rings. The van der Waals surface area contributed by atoms with E-state index in [-0.39, 0.29) is 5.92 Å². The van der Waals surface area contributed by atoms with Gasteiger partial charge in [0.05, 0.1) is 7.11 Å². The number of carbonyl (C=O) groups is 2. The molecule has 1 rings (SSSR count). The first-order valence-electron chi connectivity index (χ1n) is 6.33. The van der Waals surface area contributed by atoms with Gasteiger partial charge < -0.3 is 15.8 Å². The van der Waals surface area contributed by atoms with Crippen LogP contribution in [-0.4, -0.2) is 25.0 Å². The van der Waals surface area contributed by atoms with E-state index in [1.54, 1.807) is 6.07 Å². The summed E-state index contributed by atoms with van der Waals surface area (Å²) < 4.78 is 4.72. The average Bonchev–Trinajstić information content (AvgIpc) is 2.41. The van der Waals surface area contributed by atoms with E-state index in [0.717, 1.165) is 6.42 Å². The van der Waals surface area contributed by atoms with Crippen molar-refractivity contribution in [2.75, 3.05) is 12.8 Å². The Morgan fingerprint density at radius 2 is 2.05 bits per heavy atom. The molecule has 1 aromatic carbocycles. The number of carbonyl (C=O) groups excluding carboxylic acids is 2. The first-order chi connectivity index (χ1) is 9.38. The summed E-state index contributed by atoms with van der Waals surface area (Å²) in [5.41, 5.74) is 6.35. The number of anilines is 1. The number of nitrogens with two attached hydrogens (primary N) is 1. The van der Waals surface area contributed by atoms with E-state index in [1.165, 1.54) is 19.2 Å². The monoisotopic (exact) mass is 298 g/mol. The Kier molecular flexibility index (Phi) is 5.82. The second-order valence-electron chi connectivity index (χ2n) is 4.63. The highest BCUT2D eigenvalue weighted by atomic mass is 35.5. The number of hydrogen-bond donors (Lipinski definition) is 2. The maximum absolute atomic E-state index is 12.2. The maximum Gasteiger partial charge on any atom is 0.328 e. The SMILES string of the molecule is CCC(C)C(NC(=O)c1cc(N)cc(Cl)c1)C(=O)OC. The molecule has 20 heavy (non-hydrogen) atoms. The summed E-state index contributed by atoms with van der Waals surface area (Å²) in [6.45, 7) is 3.80. The van der Waals surface area contributed by atoms with Crippen LogP contribution in [0, 0.1) is 5.92 Å². The Morgan fingerprint density at radius 3 is 2.55 bits per heavy atom. The van der Waals surface area contributed by atoms with Crippen LogP contribution in [-0.2, 0) is 9.53 Å². The Balaban J connectivity index is 2.93. The minimum Gasteiger partial charge on any atom is -0.467 e. The highest BCUT2D eigenvalue weighted by Crippen LogP contribution is 2.17. The van der Waals surface area contributed by atoms with E-state index in [9.17, 15) is 9.59 Å². The van der Waals surface area contributed by atoms with Crippen LogP contribution in [0.5, 0.6) is 0 Å². The molecule has 0 spiro atoms. The molecule has 0 aliphatic carbocycles. The first kappa shape index (κ1) is 16.3. The molecule has 6 heteroatoms. The number of hydrogen-bond acceptors (Lipinski definition) is 4. The van der Waals surface area contributed by atoms with Gasteiger partial charge in [0.15, 0.2) is 0 Å². The third-order valence-corrected chi connectivity index (χ3v) is 3.36. The van der Waals surface area contributed by atoms with Crippen molar-refractivity contribution >= 4 is 29.2 Å². The quantitative estimate of drug-likeness (QED) is 0.645. The molecule has 2 unspecified atom stereocenters. The molecule has 0 aliphatic heterocycles. The number of methoxy groups -OCH3 is 1. The lowest BCUT2D eigenvalue weighted by Gasteiger charge is -2.21. The molecule has 0 aromatic heterocycles. The van der Waals surface area contributed by atoms with Crippen molar-refractivity contribution in [2.45, 2.75) is 26.3 Å². The zero-order chi connectivity index (χ0) is 15.3. The van der Waals surface area contributed by atoms with E-state index >= 15 is 0 Å². The van der Waals surface area contributed by atoms with Gasteiger partial charge in [0.2, 0.25) is 0 Å². The molecule has 0 saturated heterocycles. The molecular formula is C14H19ClN2O3. The summed E-state index contributed by atoms with van der Waals surface area (Å²) >= 11 is 5.86. The van der Waals surface area contributed by atoms with Gasteiger partial charge >= 0.3 is 5.97 Å². The van der Waals surface area contributed by atoms with Crippen molar-refractivity contribution in [1.29, 1.82) is 0 Å². The molecule has 0 radical (unpaired) electrons. The van der Waals surface area contributed by atoms with Gasteiger partial charge in [-0.05, 0) is 24.1 Å². The third kappa shape index (κ3) is 4.13. The van der Waals surface area contributed by atoms with Crippen LogP contribution in [0.3, 0.4) is 0 Å². The number of ether oxygens (including phenoxy) is 1. The molecule has 1 aromatic rings. The summed E-state index contributed by atoms with van der Waals surface area (Å²) in [7, 11) is 1.29. The largest absolute Gasteiger partial charge is 0.467 e. The molecule has 2 atom stereocenters. The normalized spacial score (nSPS) is 13.4. The van der Waals surface area contributed by atoms with E-state index < -0.39 is 17.9 Å². The fourth-order valence-corrected chi connectivity index (χ4v) is 2.01. The van der Waals surface area contributed by atoms with Gasteiger partial charge in [-0.1, -0.05) is 31.9 Å². The maximum atomic E-state index is 12.2. The fourth-order valence-electron chi connectivity index (χ4n) is 1.76. The van der Waals surface area contributed by atoms with Crippen LogP contribution in [0.15, 0.2) is 18.2 Å². The number of nitrogens with one attached hydrogen (secondary N) is 1. The topological polar surface area (TPSA) is 81.4 Å². The van der Waals surface area contributed by atoms with Gasteiger partial charge in [0, 0.05) is 16.3 Å². The molecule has 1 amide bonds. The van der Waals surface area contributed by atoms with Gasteiger partial charge in [-0.25, -0.2) is 4.79 Å².